The van der Waals surface area contributed by atoms with Crippen LogP contribution in [0.1, 0.15) is 16.2 Å². The zero-order valence-corrected chi connectivity index (χ0v) is 16.7. The van der Waals surface area contributed by atoms with E-state index in [1.165, 1.54) is 54.6 Å². The van der Waals surface area contributed by atoms with E-state index in [2.05, 4.69) is 21.5 Å². The number of non-ortho nitro benzene ring substituents is 1. The van der Waals surface area contributed by atoms with Gasteiger partial charge in [-0.3, -0.25) is 10.1 Å². The van der Waals surface area contributed by atoms with Crippen LogP contribution in [0.2, 0.25) is 0 Å². The summed E-state index contributed by atoms with van der Waals surface area (Å²) < 4.78 is 36.9. The van der Waals surface area contributed by atoms with E-state index in [9.17, 15) is 23.3 Å². The van der Waals surface area contributed by atoms with E-state index in [1.54, 1.807) is 0 Å². The number of carbonyl (C=O) groups excluding carboxylic acids is 1. The van der Waals surface area contributed by atoms with Crippen LogP contribution in [-0.2, 0) is 21.4 Å². The fraction of sp³-hybridized carbons (Fsp3) is 0.105. The molecule has 0 fully saturated rings. The Bertz CT molecular complexity index is 1200. The third kappa shape index (κ3) is 5.38. The molecule has 2 aromatic carbocycles. The average Bonchev–Trinajstić information content (AvgIpc) is 3.25. The van der Waals surface area contributed by atoms with Crippen molar-refractivity contribution in [3.63, 3.8) is 0 Å². The standard InChI is InChI=1S/C19H16N4O7S/c1-2-11-20-31(27,28)16-9-5-14(6-10-16)19(24)29-12-17-21-22-18(30-17)13-3-7-15(8-4-13)23(25)26/h2-10,20H,1,11-12H2. The lowest BCUT2D eigenvalue weighted by atomic mass is 10.2. The van der Waals surface area contributed by atoms with Gasteiger partial charge in [0.05, 0.1) is 15.4 Å². The molecular weight excluding hydrogens is 428 g/mol. The number of nitrogens with one attached hydrogen (secondary N) is 1. The Hall–Kier alpha value is -3.90. The van der Waals surface area contributed by atoms with Crippen molar-refractivity contribution in [3.8, 4) is 11.5 Å². The van der Waals surface area contributed by atoms with Gasteiger partial charge < -0.3 is 9.15 Å². The summed E-state index contributed by atoms with van der Waals surface area (Å²) in [6, 6.07) is 10.7. The maximum atomic E-state index is 12.2. The van der Waals surface area contributed by atoms with Crippen molar-refractivity contribution in [2.75, 3.05) is 6.54 Å². The lowest BCUT2D eigenvalue weighted by Crippen LogP contribution is -2.23. The molecule has 0 spiro atoms. The van der Waals surface area contributed by atoms with Crippen LogP contribution in [0.3, 0.4) is 0 Å². The first-order valence-electron chi connectivity index (χ1n) is 8.75. The van der Waals surface area contributed by atoms with Crippen molar-refractivity contribution in [1.82, 2.24) is 14.9 Å². The number of carbonyl (C=O) groups is 1. The molecule has 0 unspecified atom stereocenters. The highest BCUT2D eigenvalue weighted by atomic mass is 32.2. The summed E-state index contributed by atoms with van der Waals surface area (Å²) in [4.78, 5) is 22.3. The molecule has 0 aliphatic carbocycles. The van der Waals surface area contributed by atoms with Crippen LogP contribution in [0.5, 0.6) is 0 Å². The van der Waals surface area contributed by atoms with Gasteiger partial charge in [0.25, 0.3) is 11.6 Å². The van der Waals surface area contributed by atoms with Gasteiger partial charge in [-0.15, -0.1) is 16.8 Å². The van der Waals surface area contributed by atoms with Crippen molar-refractivity contribution in [3.05, 3.63) is 82.8 Å². The Labute approximate surface area is 176 Å². The summed E-state index contributed by atoms with van der Waals surface area (Å²) in [6.07, 6.45) is 1.41. The molecule has 3 aromatic rings. The van der Waals surface area contributed by atoms with Gasteiger partial charge in [0.2, 0.25) is 15.9 Å². The minimum Gasteiger partial charge on any atom is -0.452 e. The van der Waals surface area contributed by atoms with Crippen LogP contribution in [0, 0.1) is 10.1 Å². The molecule has 0 amide bonds. The predicted octanol–water partition coefficient (Wildman–Crippen LogP) is 2.47. The van der Waals surface area contributed by atoms with E-state index < -0.39 is 20.9 Å². The molecule has 0 radical (unpaired) electrons. The zero-order chi connectivity index (χ0) is 22.4. The number of rotatable bonds is 9. The van der Waals surface area contributed by atoms with E-state index in [0.717, 1.165) is 0 Å². The molecule has 0 atom stereocenters. The molecule has 0 aliphatic rings. The van der Waals surface area contributed by atoms with E-state index >= 15 is 0 Å². The summed E-state index contributed by atoms with van der Waals surface area (Å²) in [5.74, 6) is -0.574. The van der Waals surface area contributed by atoms with Crippen LogP contribution in [0.15, 0.2) is 70.5 Å². The molecule has 0 bridgehead atoms. The smallest absolute Gasteiger partial charge is 0.338 e. The summed E-state index contributed by atoms with van der Waals surface area (Å²) in [5, 5.41) is 18.3. The summed E-state index contributed by atoms with van der Waals surface area (Å²) in [5.41, 5.74) is 0.531. The fourth-order valence-electron chi connectivity index (χ4n) is 2.39. The maximum absolute atomic E-state index is 12.2. The molecule has 31 heavy (non-hydrogen) atoms. The van der Waals surface area contributed by atoms with Crippen LogP contribution >= 0.6 is 0 Å². The lowest BCUT2D eigenvalue weighted by Gasteiger charge is -2.06. The zero-order valence-electron chi connectivity index (χ0n) is 15.9. The molecule has 11 nitrogen and oxygen atoms in total. The first-order chi connectivity index (χ1) is 14.8. The third-order valence-corrected chi connectivity index (χ3v) is 5.38. The lowest BCUT2D eigenvalue weighted by molar-refractivity contribution is -0.384. The quantitative estimate of drug-likeness (QED) is 0.227. The second-order valence-corrected chi connectivity index (χ2v) is 7.81. The van der Waals surface area contributed by atoms with Crippen LogP contribution in [0.4, 0.5) is 5.69 Å². The molecule has 160 valence electrons. The molecular formula is C19H16N4O7S. The topological polar surface area (TPSA) is 155 Å². The van der Waals surface area contributed by atoms with Gasteiger partial charge in [0.1, 0.15) is 0 Å². The molecule has 1 N–H and O–H groups in total. The van der Waals surface area contributed by atoms with Gasteiger partial charge in [-0.25, -0.2) is 17.9 Å². The second-order valence-electron chi connectivity index (χ2n) is 6.05. The van der Waals surface area contributed by atoms with E-state index in [0.29, 0.717) is 5.56 Å². The first-order valence-corrected chi connectivity index (χ1v) is 10.2. The number of nitro groups is 1. The Balaban J connectivity index is 1.61. The van der Waals surface area contributed by atoms with E-state index in [-0.39, 0.29) is 41.1 Å². The Morgan fingerprint density at radius 2 is 1.84 bits per heavy atom. The number of sulfonamides is 1. The summed E-state index contributed by atoms with van der Waals surface area (Å²) in [6.45, 7) is 3.21. The number of esters is 1. The molecule has 0 saturated heterocycles. The number of benzene rings is 2. The van der Waals surface area contributed by atoms with Crippen molar-refractivity contribution in [2.24, 2.45) is 0 Å². The molecule has 1 heterocycles. The largest absolute Gasteiger partial charge is 0.452 e. The van der Waals surface area contributed by atoms with Crippen molar-refractivity contribution >= 4 is 21.7 Å². The van der Waals surface area contributed by atoms with Gasteiger partial charge in [0, 0.05) is 24.2 Å². The van der Waals surface area contributed by atoms with E-state index in [1.807, 2.05) is 0 Å². The summed E-state index contributed by atoms with van der Waals surface area (Å²) >= 11 is 0. The van der Waals surface area contributed by atoms with Crippen molar-refractivity contribution < 1.29 is 27.3 Å². The monoisotopic (exact) mass is 444 g/mol. The number of ether oxygens (including phenoxy) is 1. The van der Waals surface area contributed by atoms with Gasteiger partial charge in [-0.05, 0) is 36.4 Å². The average molecular weight is 444 g/mol. The molecule has 1 aromatic heterocycles. The highest BCUT2D eigenvalue weighted by Crippen LogP contribution is 2.21. The highest BCUT2D eigenvalue weighted by Gasteiger charge is 2.16. The van der Waals surface area contributed by atoms with Gasteiger partial charge >= 0.3 is 5.97 Å². The van der Waals surface area contributed by atoms with Gasteiger partial charge in [0.15, 0.2) is 6.61 Å². The maximum Gasteiger partial charge on any atom is 0.338 e. The van der Waals surface area contributed by atoms with Crippen molar-refractivity contribution in [2.45, 2.75) is 11.5 Å². The summed E-state index contributed by atoms with van der Waals surface area (Å²) in [7, 11) is -3.70. The third-order valence-electron chi connectivity index (χ3n) is 3.94. The Kier molecular flexibility index (Phi) is 6.52. The minimum absolute atomic E-state index is 0.00413. The predicted molar refractivity (Wildman–Crippen MR) is 107 cm³/mol. The Morgan fingerprint density at radius 1 is 1.16 bits per heavy atom. The number of hydrogen-bond acceptors (Lipinski definition) is 9. The number of hydrogen-bond donors (Lipinski definition) is 1. The van der Waals surface area contributed by atoms with Crippen LogP contribution < -0.4 is 4.72 Å². The minimum atomic E-state index is -3.70. The SMILES string of the molecule is C=CCNS(=O)(=O)c1ccc(C(=O)OCc2nnc(-c3ccc([N+](=O)[O-])cc3)o2)cc1. The van der Waals surface area contributed by atoms with Crippen LogP contribution in [0.25, 0.3) is 11.5 Å². The van der Waals surface area contributed by atoms with Crippen molar-refractivity contribution in [1.29, 1.82) is 0 Å². The highest BCUT2D eigenvalue weighted by molar-refractivity contribution is 7.89. The molecule has 0 saturated carbocycles. The van der Waals surface area contributed by atoms with Crippen LogP contribution in [-0.4, -0.2) is 36.1 Å². The molecule has 0 aliphatic heterocycles. The number of nitro benzene ring substituents is 1. The molecule has 3 rings (SSSR count). The van der Waals surface area contributed by atoms with E-state index in [4.69, 9.17) is 9.15 Å². The second kappa shape index (κ2) is 9.28. The first kappa shape index (κ1) is 21.8. The van der Waals surface area contributed by atoms with Gasteiger partial charge in [-0.1, -0.05) is 6.08 Å². The number of nitrogens with zero attached hydrogens (tertiary/aromatic N) is 3. The molecule has 12 heteroatoms. The fourth-order valence-corrected chi connectivity index (χ4v) is 3.39. The Morgan fingerprint density at radius 3 is 2.45 bits per heavy atom. The van der Waals surface area contributed by atoms with Gasteiger partial charge in [-0.2, -0.15) is 0 Å². The normalized spacial score (nSPS) is 11.1. The number of aromatic nitrogens is 2.